The van der Waals surface area contributed by atoms with Crippen molar-refractivity contribution >= 4 is 5.96 Å². The van der Waals surface area contributed by atoms with Crippen LogP contribution in [0.4, 0.5) is 0 Å². The predicted molar refractivity (Wildman–Crippen MR) is 37.4 cm³/mol. The van der Waals surface area contributed by atoms with Gasteiger partial charge < -0.3 is 5.73 Å². The van der Waals surface area contributed by atoms with E-state index in [4.69, 9.17) is 5.73 Å². The smallest absolute Gasteiger partial charge is 0.242 e. The molecule has 2 aliphatic rings. The summed E-state index contributed by atoms with van der Waals surface area (Å²) in [5, 5.41) is 7.43. The number of nitrogens with zero attached hydrogens (tertiary/aromatic N) is 3. The number of nitrogens with two attached hydrogens (primary N) is 1. The average molecular weight is 136 g/mol. The van der Waals surface area contributed by atoms with Crippen LogP contribution in [-0.4, -0.2) is 5.96 Å². The molecule has 0 aromatic carbocycles. The molecule has 0 bridgehead atoms. The van der Waals surface area contributed by atoms with Crippen LogP contribution in [0.1, 0.15) is 19.3 Å². The van der Waals surface area contributed by atoms with Crippen molar-refractivity contribution in [2.24, 2.45) is 21.0 Å². The van der Waals surface area contributed by atoms with E-state index in [1.807, 2.05) is 0 Å². The fourth-order valence-electron chi connectivity index (χ4n) is 0.979. The lowest BCUT2D eigenvalue weighted by atomic mass is 9.92. The Labute approximate surface area is 58.5 Å². The van der Waals surface area contributed by atoms with Crippen LogP contribution in [-0.2, 0) is 0 Å². The second kappa shape index (κ2) is 1.90. The van der Waals surface area contributed by atoms with Gasteiger partial charge in [-0.3, -0.25) is 0 Å². The summed E-state index contributed by atoms with van der Waals surface area (Å²) >= 11 is 0. The van der Waals surface area contributed by atoms with E-state index >= 15 is 0 Å². The molecule has 1 saturated carbocycles. The van der Waals surface area contributed by atoms with E-state index in [2.05, 4.69) is 15.2 Å². The molecular formula is C6H8N4. The van der Waals surface area contributed by atoms with Crippen molar-refractivity contribution in [1.29, 1.82) is 0 Å². The number of hydrogen-bond donors (Lipinski definition) is 1. The predicted octanol–water partition coefficient (Wildman–Crippen LogP) is 1.16. The van der Waals surface area contributed by atoms with E-state index in [0.29, 0.717) is 0 Å². The maximum atomic E-state index is 5.30. The highest BCUT2D eigenvalue weighted by atomic mass is 15.3. The molecule has 4 heteroatoms. The summed E-state index contributed by atoms with van der Waals surface area (Å²) in [4.78, 5) is 3.95. The number of allylic oxidation sites excluding steroid dienone is 1. The molecule has 1 fully saturated rings. The molecule has 0 radical (unpaired) electrons. The standard InChI is InChI=1S/C6H8N4/c7-6-8-5(9-10-6)4-2-1-3-4/h1-3H2,(H2,7,8). The minimum absolute atomic E-state index is 0.286. The molecular weight excluding hydrogens is 128 g/mol. The number of guanidine groups is 1. The molecule has 0 saturated heterocycles. The minimum Gasteiger partial charge on any atom is -0.366 e. The van der Waals surface area contributed by atoms with Gasteiger partial charge in [0.25, 0.3) is 0 Å². The quantitative estimate of drug-likeness (QED) is 0.533. The van der Waals surface area contributed by atoms with E-state index in [1.165, 1.54) is 12.0 Å². The summed E-state index contributed by atoms with van der Waals surface area (Å²) in [6, 6.07) is 0. The van der Waals surface area contributed by atoms with Gasteiger partial charge in [-0.15, -0.1) is 10.2 Å². The van der Waals surface area contributed by atoms with Gasteiger partial charge in [-0.1, -0.05) is 0 Å². The van der Waals surface area contributed by atoms with Gasteiger partial charge in [0.15, 0.2) is 5.82 Å². The summed E-state index contributed by atoms with van der Waals surface area (Å²) in [7, 11) is 0. The van der Waals surface area contributed by atoms with Crippen molar-refractivity contribution < 1.29 is 0 Å². The molecule has 0 aromatic rings. The van der Waals surface area contributed by atoms with E-state index in [0.717, 1.165) is 18.7 Å². The van der Waals surface area contributed by atoms with Gasteiger partial charge in [-0.25, -0.2) is 0 Å². The zero-order valence-corrected chi connectivity index (χ0v) is 5.54. The molecule has 0 atom stereocenters. The highest BCUT2D eigenvalue weighted by molar-refractivity contribution is 5.80. The van der Waals surface area contributed by atoms with Crippen LogP contribution in [0.15, 0.2) is 26.6 Å². The topological polar surface area (TPSA) is 63.1 Å². The largest absolute Gasteiger partial charge is 0.366 e. The molecule has 4 nitrogen and oxygen atoms in total. The van der Waals surface area contributed by atoms with Crippen LogP contribution in [0.3, 0.4) is 0 Å². The van der Waals surface area contributed by atoms with Crippen LogP contribution in [0.5, 0.6) is 0 Å². The molecule has 0 aromatic heterocycles. The summed E-state index contributed by atoms with van der Waals surface area (Å²) in [5.41, 5.74) is 6.59. The first-order valence-corrected chi connectivity index (χ1v) is 3.34. The van der Waals surface area contributed by atoms with Crippen LogP contribution in [0.2, 0.25) is 0 Å². The van der Waals surface area contributed by atoms with E-state index in [9.17, 15) is 0 Å². The molecule has 1 aliphatic heterocycles. The van der Waals surface area contributed by atoms with Gasteiger partial charge in [0, 0.05) is 0 Å². The Hall–Kier alpha value is -1.19. The van der Waals surface area contributed by atoms with Crippen molar-refractivity contribution in [2.45, 2.75) is 19.3 Å². The molecule has 0 unspecified atom stereocenters. The first-order valence-electron chi connectivity index (χ1n) is 3.34. The zero-order chi connectivity index (χ0) is 6.97. The van der Waals surface area contributed by atoms with Gasteiger partial charge in [0.1, 0.15) is 0 Å². The Morgan fingerprint density at radius 2 is 2.00 bits per heavy atom. The lowest BCUT2D eigenvalue weighted by Crippen LogP contribution is -2.04. The summed E-state index contributed by atoms with van der Waals surface area (Å²) < 4.78 is 0. The molecule has 2 N–H and O–H groups in total. The van der Waals surface area contributed by atoms with Crippen molar-refractivity contribution in [1.82, 2.24) is 0 Å². The SMILES string of the molecule is NC1=NC(=C2CCC2)N=N1. The van der Waals surface area contributed by atoms with Gasteiger partial charge >= 0.3 is 0 Å². The fourth-order valence-corrected chi connectivity index (χ4v) is 0.979. The van der Waals surface area contributed by atoms with Gasteiger partial charge in [0.2, 0.25) is 5.96 Å². The number of rotatable bonds is 0. The Bertz CT molecular complexity index is 242. The molecule has 0 amide bonds. The third kappa shape index (κ3) is 0.725. The van der Waals surface area contributed by atoms with Crippen molar-refractivity contribution in [3.8, 4) is 0 Å². The second-order valence-corrected chi connectivity index (χ2v) is 2.45. The van der Waals surface area contributed by atoms with Gasteiger partial charge in [-0.05, 0) is 24.8 Å². The summed E-state index contributed by atoms with van der Waals surface area (Å²) in [5.74, 6) is 1.04. The van der Waals surface area contributed by atoms with Crippen LogP contribution < -0.4 is 5.73 Å². The molecule has 0 spiro atoms. The van der Waals surface area contributed by atoms with Crippen LogP contribution in [0.25, 0.3) is 0 Å². The Kier molecular flexibility index (Phi) is 1.06. The maximum absolute atomic E-state index is 5.30. The third-order valence-electron chi connectivity index (χ3n) is 1.74. The van der Waals surface area contributed by atoms with E-state index in [1.54, 1.807) is 0 Å². The third-order valence-corrected chi connectivity index (χ3v) is 1.74. The molecule has 1 aliphatic carbocycles. The van der Waals surface area contributed by atoms with Crippen LogP contribution >= 0.6 is 0 Å². The first kappa shape index (κ1) is 5.58. The molecule has 52 valence electrons. The first-order chi connectivity index (χ1) is 4.86. The molecule has 10 heavy (non-hydrogen) atoms. The highest BCUT2D eigenvalue weighted by Gasteiger charge is 2.16. The number of hydrogen-bond acceptors (Lipinski definition) is 4. The zero-order valence-electron chi connectivity index (χ0n) is 5.54. The maximum Gasteiger partial charge on any atom is 0.242 e. The van der Waals surface area contributed by atoms with Crippen molar-refractivity contribution in [3.05, 3.63) is 11.4 Å². The summed E-state index contributed by atoms with van der Waals surface area (Å²) in [6.45, 7) is 0. The van der Waals surface area contributed by atoms with Gasteiger partial charge in [0.05, 0.1) is 0 Å². The van der Waals surface area contributed by atoms with E-state index < -0.39 is 0 Å². The summed E-state index contributed by atoms with van der Waals surface area (Å²) in [6.07, 6.45) is 3.49. The second-order valence-electron chi connectivity index (χ2n) is 2.45. The number of aliphatic imine (C=N–C) groups is 1. The van der Waals surface area contributed by atoms with Crippen molar-refractivity contribution in [3.63, 3.8) is 0 Å². The Morgan fingerprint density at radius 3 is 2.40 bits per heavy atom. The van der Waals surface area contributed by atoms with Gasteiger partial charge in [-0.2, -0.15) is 4.99 Å². The van der Waals surface area contributed by atoms with E-state index in [-0.39, 0.29) is 5.96 Å². The minimum atomic E-state index is 0.286. The lowest BCUT2D eigenvalue weighted by molar-refractivity contribution is 0.647. The normalized spacial score (nSPS) is 23.0. The lowest BCUT2D eigenvalue weighted by Gasteiger charge is -2.15. The monoisotopic (exact) mass is 136 g/mol. The van der Waals surface area contributed by atoms with Crippen molar-refractivity contribution in [2.75, 3.05) is 0 Å². The highest BCUT2D eigenvalue weighted by Crippen LogP contribution is 2.30. The molecule has 1 heterocycles. The Morgan fingerprint density at radius 1 is 1.20 bits per heavy atom. The number of azo groups is 1. The van der Waals surface area contributed by atoms with Crippen LogP contribution in [0, 0.1) is 0 Å². The fraction of sp³-hybridized carbons (Fsp3) is 0.500. The average Bonchev–Trinajstić information content (AvgIpc) is 2.10. The molecule has 2 rings (SSSR count). The Balaban J connectivity index is 2.28.